The minimum atomic E-state index is -0.864. The van der Waals surface area contributed by atoms with Gasteiger partial charge in [0.05, 0.1) is 12.5 Å². The summed E-state index contributed by atoms with van der Waals surface area (Å²) in [5.74, 6) is -1.42. The fourth-order valence-corrected chi connectivity index (χ4v) is 2.88. The molecule has 0 fully saturated rings. The number of aliphatic carboxylic acids is 1. The van der Waals surface area contributed by atoms with Crippen molar-refractivity contribution in [3.8, 4) is 0 Å². The van der Waals surface area contributed by atoms with Crippen molar-refractivity contribution in [2.24, 2.45) is 5.92 Å². The van der Waals surface area contributed by atoms with E-state index < -0.39 is 11.9 Å². The molecule has 23 heavy (non-hydrogen) atoms. The monoisotopic (exact) mass is 338 g/mol. The Morgan fingerprint density at radius 1 is 0.739 bits per heavy atom. The molecule has 0 saturated heterocycles. The van der Waals surface area contributed by atoms with Gasteiger partial charge in [0.25, 0.3) is 0 Å². The van der Waals surface area contributed by atoms with E-state index in [1.165, 1.54) is 77.0 Å². The van der Waals surface area contributed by atoms with Crippen molar-refractivity contribution in [1.29, 1.82) is 0 Å². The van der Waals surface area contributed by atoms with Crippen molar-refractivity contribution < 1.29 is 15.0 Å². The van der Waals surface area contributed by atoms with Crippen LogP contribution in [0.25, 0.3) is 0 Å². The molecule has 1 atom stereocenters. The van der Waals surface area contributed by atoms with Crippen LogP contribution in [-0.2, 0) is 4.79 Å². The van der Waals surface area contributed by atoms with E-state index in [4.69, 9.17) is 10.2 Å². The van der Waals surface area contributed by atoms with Crippen molar-refractivity contribution >= 4 is 35.5 Å². The van der Waals surface area contributed by atoms with Crippen LogP contribution < -0.4 is 0 Å². The Balaban J connectivity index is 0. The average Bonchev–Trinajstić information content (AvgIpc) is 2.51. The van der Waals surface area contributed by atoms with Crippen LogP contribution in [0.3, 0.4) is 0 Å². The van der Waals surface area contributed by atoms with Crippen LogP contribution in [0.1, 0.15) is 103 Å². The molecule has 0 saturated carbocycles. The van der Waals surface area contributed by atoms with E-state index in [1.54, 1.807) is 0 Å². The Labute approximate surface area is 165 Å². The number of hydrogen-bond donors (Lipinski definition) is 2. The first-order chi connectivity index (χ1) is 10.7. The first kappa shape index (κ1) is 25.7. The molecule has 4 heteroatoms. The Hall–Kier alpha value is 0.430. The first-order valence-electron chi connectivity index (χ1n) is 9.56. The van der Waals surface area contributed by atoms with Gasteiger partial charge in [-0.05, 0) is 6.42 Å². The Kier molecular flexibility index (Phi) is 22.8. The third kappa shape index (κ3) is 18.6. The quantitative estimate of drug-likeness (QED) is 0.293. The summed E-state index contributed by atoms with van der Waals surface area (Å²) in [5, 5.41) is 17.7. The summed E-state index contributed by atoms with van der Waals surface area (Å²) in [6.45, 7) is 2.03. The van der Waals surface area contributed by atoms with E-state index in [-0.39, 0.29) is 36.2 Å². The van der Waals surface area contributed by atoms with E-state index in [1.807, 2.05) is 0 Å². The average molecular weight is 339 g/mol. The standard InChI is InChI=1S/C19H38O3.Na.H/c1-2-3-4-5-6-7-8-9-10-11-12-13-14-15-16-18(17-20)19(21)22;;/h18,20H,2-17H2,1H3,(H,21,22);;. The van der Waals surface area contributed by atoms with Gasteiger partial charge in [0, 0.05) is 0 Å². The number of rotatable bonds is 17. The minimum absolute atomic E-state index is 0. The summed E-state index contributed by atoms with van der Waals surface area (Å²) in [4.78, 5) is 10.7. The summed E-state index contributed by atoms with van der Waals surface area (Å²) in [6.07, 6.45) is 18.9. The van der Waals surface area contributed by atoms with E-state index in [0.29, 0.717) is 6.42 Å². The molecule has 2 N–H and O–H groups in total. The normalized spacial score (nSPS) is 11.9. The molecule has 0 bridgehead atoms. The molecule has 0 spiro atoms. The van der Waals surface area contributed by atoms with Crippen LogP contribution in [-0.4, -0.2) is 52.3 Å². The SMILES string of the molecule is CCCCCCCCCCCCCCCCC(CO)C(=O)O.[NaH]. The number of aliphatic hydroxyl groups excluding tert-OH is 1. The third-order valence-corrected chi connectivity index (χ3v) is 4.48. The van der Waals surface area contributed by atoms with Gasteiger partial charge in [0.2, 0.25) is 0 Å². The molecular weight excluding hydrogens is 299 g/mol. The van der Waals surface area contributed by atoms with Gasteiger partial charge in [-0.25, -0.2) is 0 Å². The van der Waals surface area contributed by atoms with Crippen molar-refractivity contribution in [1.82, 2.24) is 0 Å². The van der Waals surface area contributed by atoms with Gasteiger partial charge in [-0.2, -0.15) is 0 Å². The fourth-order valence-electron chi connectivity index (χ4n) is 2.88. The Morgan fingerprint density at radius 3 is 1.39 bits per heavy atom. The first-order valence-corrected chi connectivity index (χ1v) is 9.56. The summed E-state index contributed by atoms with van der Waals surface area (Å²) >= 11 is 0. The van der Waals surface area contributed by atoms with Crippen LogP contribution in [0, 0.1) is 5.92 Å². The zero-order valence-corrected chi connectivity index (χ0v) is 14.7. The van der Waals surface area contributed by atoms with Crippen molar-refractivity contribution in [2.75, 3.05) is 6.61 Å². The van der Waals surface area contributed by atoms with Gasteiger partial charge >= 0.3 is 35.5 Å². The second kappa shape index (κ2) is 20.5. The summed E-state index contributed by atoms with van der Waals surface area (Å²) in [6, 6.07) is 0. The van der Waals surface area contributed by atoms with E-state index in [9.17, 15) is 4.79 Å². The van der Waals surface area contributed by atoms with Gasteiger partial charge in [-0.3, -0.25) is 4.79 Å². The second-order valence-corrected chi connectivity index (χ2v) is 6.60. The molecule has 0 aromatic rings. The fraction of sp³-hybridized carbons (Fsp3) is 0.947. The zero-order valence-electron chi connectivity index (χ0n) is 14.7. The predicted octanol–water partition coefficient (Wildman–Crippen LogP) is 4.90. The van der Waals surface area contributed by atoms with Crippen LogP contribution in [0.5, 0.6) is 0 Å². The maximum atomic E-state index is 10.7. The molecule has 1 unspecified atom stereocenters. The molecule has 0 amide bonds. The number of aliphatic hydroxyl groups is 1. The molecule has 0 heterocycles. The van der Waals surface area contributed by atoms with Gasteiger partial charge in [0.1, 0.15) is 0 Å². The van der Waals surface area contributed by atoms with E-state index in [0.717, 1.165) is 12.8 Å². The van der Waals surface area contributed by atoms with Gasteiger partial charge in [0.15, 0.2) is 0 Å². The summed E-state index contributed by atoms with van der Waals surface area (Å²) < 4.78 is 0. The number of hydrogen-bond acceptors (Lipinski definition) is 2. The predicted molar refractivity (Wildman–Crippen MR) is 100 cm³/mol. The van der Waals surface area contributed by atoms with Gasteiger partial charge < -0.3 is 10.2 Å². The number of carboxylic acid groups (broad SMARTS) is 1. The van der Waals surface area contributed by atoms with E-state index >= 15 is 0 Å². The third-order valence-electron chi connectivity index (χ3n) is 4.48. The molecule has 134 valence electrons. The van der Waals surface area contributed by atoms with Crippen LogP contribution >= 0.6 is 0 Å². The van der Waals surface area contributed by atoms with Crippen molar-refractivity contribution in [2.45, 2.75) is 103 Å². The summed E-state index contributed by atoms with van der Waals surface area (Å²) in [7, 11) is 0. The Bertz CT molecular complexity index is 247. The van der Waals surface area contributed by atoms with Crippen molar-refractivity contribution in [3.63, 3.8) is 0 Å². The zero-order chi connectivity index (χ0) is 16.5. The number of carboxylic acids is 1. The Morgan fingerprint density at radius 2 is 1.09 bits per heavy atom. The number of carbonyl (C=O) groups is 1. The topological polar surface area (TPSA) is 57.5 Å². The maximum absolute atomic E-state index is 10.7. The van der Waals surface area contributed by atoms with Crippen LogP contribution in [0.2, 0.25) is 0 Å². The molecule has 3 nitrogen and oxygen atoms in total. The molecule has 0 aliphatic carbocycles. The molecular formula is C19H39NaO3. The second-order valence-electron chi connectivity index (χ2n) is 6.60. The molecule has 0 aromatic carbocycles. The molecule has 0 aliphatic heterocycles. The van der Waals surface area contributed by atoms with Gasteiger partial charge in [-0.15, -0.1) is 0 Å². The van der Waals surface area contributed by atoms with Crippen LogP contribution in [0.15, 0.2) is 0 Å². The molecule has 0 radical (unpaired) electrons. The summed E-state index contributed by atoms with van der Waals surface area (Å²) in [5.41, 5.74) is 0. The van der Waals surface area contributed by atoms with Gasteiger partial charge in [-0.1, -0.05) is 96.8 Å². The molecule has 0 aromatic heterocycles. The van der Waals surface area contributed by atoms with Crippen molar-refractivity contribution in [3.05, 3.63) is 0 Å². The van der Waals surface area contributed by atoms with E-state index in [2.05, 4.69) is 6.92 Å². The molecule has 0 rings (SSSR count). The van der Waals surface area contributed by atoms with Crippen LogP contribution in [0.4, 0.5) is 0 Å². The number of unbranched alkanes of at least 4 members (excludes halogenated alkanes) is 13. The molecule has 0 aliphatic rings.